The molecular weight excluding hydrogens is 477 g/mol. The molecule has 12 heteroatoms. The molecule has 0 aliphatic rings. The van der Waals surface area contributed by atoms with Crippen LogP contribution in [0.2, 0.25) is 0 Å². The van der Waals surface area contributed by atoms with Crippen LogP contribution in [0.15, 0.2) is 53.5 Å². The SMILES string of the molecule is COc1cc(F)ccc1Oc1ccc(C(F)(F)F)c(F)c1-c1cc(=O)c2c(C(N)=O)nccc2[nH]1. The molecule has 0 aliphatic carbocycles. The van der Waals surface area contributed by atoms with Crippen molar-refractivity contribution in [2.75, 3.05) is 7.11 Å². The summed E-state index contributed by atoms with van der Waals surface area (Å²) in [6, 6.07) is 6.50. The number of methoxy groups -OCH3 is 1. The first-order valence-electron chi connectivity index (χ1n) is 9.74. The maximum absolute atomic E-state index is 15.3. The number of benzene rings is 2. The Kier molecular flexibility index (Phi) is 5.89. The largest absolute Gasteiger partial charge is 0.493 e. The summed E-state index contributed by atoms with van der Waals surface area (Å²) in [7, 11) is 1.21. The number of fused-ring (bicyclic) bond motifs is 1. The quantitative estimate of drug-likeness (QED) is 0.391. The molecule has 0 atom stereocenters. The second-order valence-corrected chi connectivity index (χ2v) is 7.19. The zero-order chi connectivity index (χ0) is 25.5. The van der Waals surface area contributed by atoms with E-state index in [1.165, 1.54) is 13.2 Å². The smallest absolute Gasteiger partial charge is 0.419 e. The molecule has 0 saturated heterocycles. The third-order valence-corrected chi connectivity index (χ3v) is 5.00. The van der Waals surface area contributed by atoms with Crippen LogP contribution in [0.5, 0.6) is 17.2 Å². The Bertz CT molecular complexity index is 1530. The molecule has 0 saturated carbocycles. The van der Waals surface area contributed by atoms with Gasteiger partial charge < -0.3 is 20.2 Å². The number of carbonyl (C=O) groups excluding carboxylic acids is 1. The van der Waals surface area contributed by atoms with Crippen molar-refractivity contribution < 1.29 is 36.2 Å². The predicted octanol–water partition coefficient (Wildman–Crippen LogP) is 4.79. The van der Waals surface area contributed by atoms with Gasteiger partial charge in [0.25, 0.3) is 5.91 Å². The van der Waals surface area contributed by atoms with Crippen molar-refractivity contribution in [2.45, 2.75) is 6.18 Å². The van der Waals surface area contributed by atoms with E-state index in [1.807, 2.05) is 0 Å². The first-order valence-corrected chi connectivity index (χ1v) is 9.74. The number of pyridine rings is 2. The van der Waals surface area contributed by atoms with Crippen molar-refractivity contribution in [2.24, 2.45) is 5.73 Å². The molecule has 0 unspecified atom stereocenters. The van der Waals surface area contributed by atoms with Crippen LogP contribution in [0.25, 0.3) is 22.2 Å². The van der Waals surface area contributed by atoms with Gasteiger partial charge in [-0.15, -0.1) is 0 Å². The summed E-state index contributed by atoms with van der Waals surface area (Å²) < 4.78 is 79.9. The van der Waals surface area contributed by atoms with Crippen LogP contribution < -0.4 is 20.6 Å². The second kappa shape index (κ2) is 8.70. The Morgan fingerprint density at radius 1 is 1.03 bits per heavy atom. The normalized spacial score (nSPS) is 11.5. The van der Waals surface area contributed by atoms with Crippen molar-refractivity contribution in [1.82, 2.24) is 9.97 Å². The lowest BCUT2D eigenvalue weighted by Gasteiger charge is -2.18. The van der Waals surface area contributed by atoms with Crippen LogP contribution in [0.3, 0.4) is 0 Å². The van der Waals surface area contributed by atoms with Gasteiger partial charge in [0.1, 0.15) is 23.1 Å². The maximum Gasteiger partial charge on any atom is 0.419 e. The first kappa shape index (κ1) is 23.7. The maximum atomic E-state index is 15.3. The van der Waals surface area contributed by atoms with E-state index in [-0.39, 0.29) is 33.8 Å². The summed E-state index contributed by atoms with van der Waals surface area (Å²) in [5.41, 5.74) is 1.26. The predicted molar refractivity (Wildman–Crippen MR) is 114 cm³/mol. The number of nitrogens with zero attached hydrogens (tertiary/aromatic N) is 1. The molecule has 4 rings (SSSR count). The second-order valence-electron chi connectivity index (χ2n) is 7.19. The van der Waals surface area contributed by atoms with Gasteiger partial charge in [0.2, 0.25) is 0 Å². The van der Waals surface area contributed by atoms with Gasteiger partial charge in [-0.2, -0.15) is 13.2 Å². The number of aromatic amines is 1. The lowest BCUT2D eigenvalue weighted by Crippen LogP contribution is -2.18. The van der Waals surface area contributed by atoms with Gasteiger partial charge in [-0.05, 0) is 30.3 Å². The molecule has 1 amide bonds. The zero-order valence-electron chi connectivity index (χ0n) is 17.7. The first-order chi connectivity index (χ1) is 16.5. The van der Waals surface area contributed by atoms with Gasteiger partial charge in [0.15, 0.2) is 16.9 Å². The molecule has 0 aliphatic heterocycles. The molecule has 0 radical (unpaired) electrons. The van der Waals surface area contributed by atoms with Gasteiger partial charge in [-0.1, -0.05) is 0 Å². The fourth-order valence-corrected chi connectivity index (χ4v) is 3.48. The van der Waals surface area contributed by atoms with E-state index in [9.17, 15) is 27.2 Å². The lowest BCUT2D eigenvalue weighted by molar-refractivity contribution is -0.139. The third-order valence-electron chi connectivity index (χ3n) is 5.00. The number of primary amides is 1. The standard InChI is InChI=1S/C23H14F5N3O4/c1-34-17-8-10(24)2-4-15(17)35-16-5-3-11(23(26,27)28)20(25)19(16)13-9-14(32)18-12(31-13)6-7-30-21(18)22(29)33/h2-9H,1H3,(H2,29,33)(H,31,32). The Labute approximate surface area is 192 Å². The molecule has 180 valence electrons. The Morgan fingerprint density at radius 2 is 1.74 bits per heavy atom. The minimum Gasteiger partial charge on any atom is -0.493 e. The number of alkyl halides is 3. The Hall–Kier alpha value is -4.48. The molecule has 0 fully saturated rings. The monoisotopic (exact) mass is 491 g/mol. The number of nitrogens with two attached hydrogens (primary N) is 1. The van der Waals surface area contributed by atoms with Gasteiger partial charge in [-0.3, -0.25) is 14.6 Å². The molecule has 35 heavy (non-hydrogen) atoms. The van der Waals surface area contributed by atoms with Crippen LogP contribution in [-0.4, -0.2) is 23.0 Å². The van der Waals surface area contributed by atoms with Crippen molar-refractivity contribution in [1.29, 1.82) is 0 Å². The molecule has 4 aromatic rings. The zero-order valence-corrected chi connectivity index (χ0v) is 17.7. The highest BCUT2D eigenvalue weighted by molar-refractivity contribution is 6.03. The number of nitrogens with one attached hydrogen (secondary N) is 1. The average Bonchev–Trinajstić information content (AvgIpc) is 2.78. The fraction of sp³-hybridized carbons (Fsp3) is 0.0870. The summed E-state index contributed by atoms with van der Waals surface area (Å²) in [6.07, 6.45) is -3.92. The number of halogens is 5. The minimum absolute atomic E-state index is 0.0292. The molecule has 0 spiro atoms. The van der Waals surface area contributed by atoms with E-state index < -0.39 is 46.0 Å². The molecule has 0 bridgehead atoms. The Balaban J connectivity index is 1.99. The van der Waals surface area contributed by atoms with E-state index in [4.69, 9.17) is 15.2 Å². The average molecular weight is 491 g/mol. The summed E-state index contributed by atoms with van der Waals surface area (Å²) in [6.45, 7) is 0. The van der Waals surface area contributed by atoms with Gasteiger partial charge in [0, 0.05) is 18.3 Å². The van der Waals surface area contributed by atoms with E-state index in [0.717, 1.165) is 36.5 Å². The van der Waals surface area contributed by atoms with Crippen LogP contribution in [0.4, 0.5) is 22.0 Å². The lowest BCUT2D eigenvalue weighted by atomic mass is 10.0. The molecule has 3 N–H and O–H groups in total. The summed E-state index contributed by atoms with van der Waals surface area (Å²) >= 11 is 0. The van der Waals surface area contributed by atoms with E-state index in [0.29, 0.717) is 6.07 Å². The van der Waals surface area contributed by atoms with Gasteiger partial charge >= 0.3 is 6.18 Å². The highest BCUT2D eigenvalue weighted by Crippen LogP contribution is 2.43. The third kappa shape index (κ3) is 4.37. The van der Waals surface area contributed by atoms with E-state index in [1.54, 1.807) is 0 Å². The van der Waals surface area contributed by atoms with Crippen molar-refractivity contribution >= 4 is 16.8 Å². The summed E-state index contributed by atoms with van der Waals surface area (Å²) in [5.74, 6) is -4.08. The summed E-state index contributed by atoms with van der Waals surface area (Å²) in [4.78, 5) is 30.8. The number of amides is 1. The Morgan fingerprint density at radius 3 is 2.40 bits per heavy atom. The molecule has 2 heterocycles. The molecular formula is C23H14F5N3O4. The number of aromatic nitrogens is 2. The number of H-pyrrole nitrogens is 1. The fourth-order valence-electron chi connectivity index (χ4n) is 3.48. The minimum atomic E-state index is -5.06. The number of ether oxygens (including phenoxy) is 2. The molecule has 2 aromatic heterocycles. The number of hydrogen-bond donors (Lipinski definition) is 2. The van der Waals surface area contributed by atoms with Crippen LogP contribution >= 0.6 is 0 Å². The molecule has 2 aromatic carbocycles. The van der Waals surface area contributed by atoms with Crippen LogP contribution in [0.1, 0.15) is 16.1 Å². The van der Waals surface area contributed by atoms with Crippen molar-refractivity contribution in [3.63, 3.8) is 0 Å². The highest BCUT2D eigenvalue weighted by Gasteiger charge is 2.36. The number of hydrogen-bond acceptors (Lipinski definition) is 5. The van der Waals surface area contributed by atoms with Crippen molar-refractivity contribution in [3.05, 3.63) is 81.8 Å². The number of carbonyl (C=O) groups is 1. The molecule has 7 nitrogen and oxygen atoms in total. The summed E-state index contributed by atoms with van der Waals surface area (Å²) in [5, 5.41) is -0.223. The van der Waals surface area contributed by atoms with Gasteiger partial charge in [0.05, 0.1) is 34.8 Å². The van der Waals surface area contributed by atoms with E-state index >= 15 is 4.39 Å². The van der Waals surface area contributed by atoms with E-state index in [2.05, 4.69) is 9.97 Å². The topological polar surface area (TPSA) is 107 Å². The highest BCUT2D eigenvalue weighted by atomic mass is 19.4. The van der Waals surface area contributed by atoms with Crippen molar-refractivity contribution in [3.8, 4) is 28.5 Å². The van der Waals surface area contributed by atoms with Gasteiger partial charge in [-0.25, -0.2) is 8.78 Å². The van der Waals surface area contributed by atoms with Crippen LogP contribution in [0, 0.1) is 11.6 Å². The van der Waals surface area contributed by atoms with Crippen LogP contribution in [-0.2, 0) is 6.18 Å². The number of rotatable bonds is 5.